The predicted molar refractivity (Wildman–Crippen MR) is 109 cm³/mol. The number of hydrogen-bond acceptors (Lipinski definition) is 5. The molecule has 2 aromatic carbocycles. The number of rotatable bonds is 4. The summed E-state index contributed by atoms with van der Waals surface area (Å²) in [6, 6.07) is 13.2. The Morgan fingerprint density at radius 3 is 2.31 bits per heavy atom. The third-order valence-corrected chi connectivity index (χ3v) is 4.45. The number of aromatic nitrogens is 2. The van der Waals surface area contributed by atoms with E-state index in [4.69, 9.17) is 16.3 Å². The Morgan fingerprint density at radius 2 is 1.66 bits per heavy atom. The highest BCUT2D eigenvalue weighted by Crippen LogP contribution is 2.21. The molecule has 0 atom stereocenters. The summed E-state index contributed by atoms with van der Waals surface area (Å²) < 4.78 is 6.75. The van der Waals surface area contributed by atoms with Gasteiger partial charge in [-0.05, 0) is 44.2 Å². The average Bonchev–Trinajstić information content (AvgIpc) is 2.70. The smallest absolute Gasteiger partial charge is 0.290 e. The van der Waals surface area contributed by atoms with Crippen LogP contribution in [0, 0.1) is 0 Å². The summed E-state index contributed by atoms with van der Waals surface area (Å²) >= 11 is 5.84. The van der Waals surface area contributed by atoms with Crippen molar-refractivity contribution in [2.75, 3.05) is 0 Å². The number of carbonyl (C=O) groups excluding carboxylic acids is 2. The molecule has 0 saturated heterocycles. The zero-order chi connectivity index (χ0) is 21.2. The van der Waals surface area contributed by atoms with Crippen LogP contribution in [-0.2, 0) is 11.8 Å². The molecule has 8 nitrogen and oxygen atoms in total. The molecule has 0 aliphatic heterocycles. The van der Waals surface area contributed by atoms with E-state index in [9.17, 15) is 14.4 Å². The first-order valence-electron chi connectivity index (χ1n) is 8.70. The monoisotopic (exact) mass is 414 g/mol. The van der Waals surface area contributed by atoms with Gasteiger partial charge in [0.15, 0.2) is 11.3 Å². The molecule has 0 aliphatic carbocycles. The molecular formula is C20H19ClN4O4. The number of aryl methyl sites for hydroxylation is 1. The molecule has 0 fully saturated rings. The predicted octanol–water partition coefficient (Wildman–Crippen LogP) is 2.21. The summed E-state index contributed by atoms with van der Waals surface area (Å²) in [6.45, 7) is 3.12. The zero-order valence-corrected chi connectivity index (χ0v) is 16.8. The summed E-state index contributed by atoms with van der Waals surface area (Å²) in [5.41, 5.74) is 3.07. The summed E-state index contributed by atoms with van der Waals surface area (Å²) in [7, 11) is 1.45. The van der Waals surface area contributed by atoms with Crippen LogP contribution >= 0.6 is 11.6 Å². The third-order valence-electron chi connectivity index (χ3n) is 4.19. The Morgan fingerprint density at radius 1 is 1.03 bits per heavy atom. The van der Waals surface area contributed by atoms with Crippen molar-refractivity contribution >= 4 is 34.2 Å². The van der Waals surface area contributed by atoms with Crippen molar-refractivity contribution in [1.29, 1.82) is 0 Å². The van der Waals surface area contributed by atoms with Gasteiger partial charge in [0.2, 0.25) is 0 Å². The van der Waals surface area contributed by atoms with Gasteiger partial charge in [0.1, 0.15) is 5.75 Å². The Labute approximate surface area is 171 Å². The van der Waals surface area contributed by atoms with Crippen LogP contribution in [0.3, 0.4) is 0 Å². The van der Waals surface area contributed by atoms with Crippen LogP contribution < -0.4 is 21.1 Å². The van der Waals surface area contributed by atoms with E-state index in [0.29, 0.717) is 21.5 Å². The minimum absolute atomic E-state index is 0.0134. The molecule has 1 aromatic heterocycles. The minimum Gasteiger partial charge on any atom is -0.478 e. The second-order valence-electron chi connectivity index (χ2n) is 6.80. The maximum Gasteiger partial charge on any atom is 0.290 e. The number of hydrazine groups is 1. The number of halogens is 1. The van der Waals surface area contributed by atoms with Crippen molar-refractivity contribution in [3.63, 3.8) is 0 Å². The largest absolute Gasteiger partial charge is 0.478 e. The fourth-order valence-electron chi connectivity index (χ4n) is 2.63. The van der Waals surface area contributed by atoms with Gasteiger partial charge in [0.05, 0.1) is 5.39 Å². The van der Waals surface area contributed by atoms with E-state index in [1.54, 1.807) is 62.4 Å². The van der Waals surface area contributed by atoms with Gasteiger partial charge < -0.3 is 4.74 Å². The molecule has 0 unspecified atom stereocenters. The highest BCUT2D eigenvalue weighted by molar-refractivity contribution is 6.30. The third kappa shape index (κ3) is 4.38. The van der Waals surface area contributed by atoms with E-state index in [1.165, 1.54) is 7.05 Å². The summed E-state index contributed by atoms with van der Waals surface area (Å²) in [4.78, 5) is 37.3. The normalized spacial score (nSPS) is 11.2. The Bertz CT molecular complexity index is 1140. The van der Waals surface area contributed by atoms with Crippen LogP contribution in [0.4, 0.5) is 0 Å². The van der Waals surface area contributed by atoms with E-state index in [0.717, 1.165) is 4.68 Å². The van der Waals surface area contributed by atoms with Gasteiger partial charge in [0, 0.05) is 17.5 Å². The van der Waals surface area contributed by atoms with E-state index >= 15 is 0 Å². The topological polar surface area (TPSA) is 102 Å². The minimum atomic E-state index is -1.28. The van der Waals surface area contributed by atoms with Gasteiger partial charge >= 0.3 is 0 Å². The number of fused-ring (bicyclic) bond motifs is 1. The van der Waals surface area contributed by atoms with Crippen molar-refractivity contribution in [2.45, 2.75) is 19.4 Å². The summed E-state index contributed by atoms with van der Waals surface area (Å²) in [5, 5.41) is 5.30. The van der Waals surface area contributed by atoms with Crippen molar-refractivity contribution < 1.29 is 14.3 Å². The van der Waals surface area contributed by atoms with Crippen molar-refractivity contribution in [3.05, 3.63) is 69.6 Å². The van der Waals surface area contributed by atoms with E-state index < -0.39 is 17.4 Å². The Kier molecular flexibility index (Phi) is 5.56. The molecule has 0 aliphatic rings. The fourth-order valence-corrected chi connectivity index (χ4v) is 2.76. The number of carbonyl (C=O) groups is 2. The van der Waals surface area contributed by atoms with Gasteiger partial charge in [-0.2, -0.15) is 5.10 Å². The number of hydrogen-bond donors (Lipinski definition) is 2. The first kappa shape index (κ1) is 20.3. The van der Waals surface area contributed by atoms with Crippen LogP contribution in [0.2, 0.25) is 5.02 Å². The van der Waals surface area contributed by atoms with Crippen molar-refractivity contribution in [3.8, 4) is 5.75 Å². The van der Waals surface area contributed by atoms with Gasteiger partial charge in [-0.15, -0.1) is 0 Å². The van der Waals surface area contributed by atoms with E-state index in [2.05, 4.69) is 16.0 Å². The first-order chi connectivity index (χ1) is 13.7. The molecule has 0 saturated carbocycles. The number of nitrogens with zero attached hydrogens (tertiary/aromatic N) is 2. The van der Waals surface area contributed by atoms with Crippen LogP contribution in [0.5, 0.6) is 5.75 Å². The molecule has 150 valence electrons. The second kappa shape index (κ2) is 7.92. The maximum atomic E-state index is 12.6. The zero-order valence-electron chi connectivity index (χ0n) is 16.0. The van der Waals surface area contributed by atoms with Gasteiger partial charge in [-0.1, -0.05) is 29.8 Å². The lowest BCUT2D eigenvalue weighted by Gasteiger charge is -2.25. The van der Waals surface area contributed by atoms with Crippen LogP contribution in [0.1, 0.15) is 24.3 Å². The van der Waals surface area contributed by atoms with Crippen LogP contribution in [-0.4, -0.2) is 27.2 Å². The first-order valence-corrected chi connectivity index (χ1v) is 9.08. The standard InChI is InChI=1S/C20H19ClN4O4/c1-20(2,29-13-10-8-12(21)9-11-13)19(28)23-22-17(26)16-14-6-4-5-7-15(14)18(27)25(3)24-16/h4-11H,1-3H3,(H,22,26)(H,23,28). The SMILES string of the molecule is Cn1nc(C(=O)NNC(=O)C(C)(C)Oc2ccc(Cl)cc2)c2ccccc2c1=O. The molecule has 3 rings (SSSR count). The number of amides is 2. The maximum absolute atomic E-state index is 12.6. The van der Waals surface area contributed by atoms with Crippen molar-refractivity contribution in [2.24, 2.45) is 7.05 Å². The molecule has 2 amide bonds. The fraction of sp³-hybridized carbons (Fsp3) is 0.200. The molecule has 0 spiro atoms. The van der Waals surface area contributed by atoms with E-state index in [-0.39, 0.29) is 11.3 Å². The molecule has 0 bridgehead atoms. The van der Waals surface area contributed by atoms with Crippen LogP contribution in [0.25, 0.3) is 10.8 Å². The molecule has 9 heteroatoms. The van der Waals surface area contributed by atoms with E-state index in [1.807, 2.05) is 0 Å². The number of ether oxygens (including phenoxy) is 1. The van der Waals surface area contributed by atoms with Crippen molar-refractivity contribution in [1.82, 2.24) is 20.6 Å². The molecule has 2 N–H and O–H groups in total. The molecular weight excluding hydrogens is 396 g/mol. The quantitative estimate of drug-likeness (QED) is 0.637. The highest BCUT2D eigenvalue weighted by Gasteiger charge is 2.30. The van der Waals surface area contributed by atoms with Crippen LogP contribution in [0.15, 0.2) is 53.3 Å². The summed E-state index contributed by atoms with van der Waals surface area (Å²) in [5.74, 6) is -0.783. The van der Waals surface area contributed by atoms with Gasteiger partial charge in [-0.3, -0.25) is 25.2 Å². The lowest BCUT2D eigenvalue weighted by Crippen LogP contribution is -2.53. The average molecular weight is 415 g/mol. The summed E-state index contributed by atoms with van der Waals surface area (Å²) in [6.07, 6.45) is 0. The van der Waals surface area contributed by atoms with Gasteiger partial charge in [0.25, 0.3) is 17.4 Å². The second-order valence-corrected chi connectivity index (χ2v) is 7.23. The molecule has 3 aromatic rings. The highest BCUT2D eigenvalue weighted by atomic mass is 35.5. The molecule has 1 heterocycles. The molecule has 29 heavy (non-hydrogen) atoms. The van der Waals surface area contributed by atoms with Gasteiger partial charge in [-0.25, -0.2) is 4.68 Å². The number of benzene rings is 2. The Hall–Kier alpha value is -3.39. The lowest BCUT2D eigenvalue weighted by molar-refractivity contribution is -0.135. The Balaban J connectivity index is 1.74. The molecule has 0 radical (unpaired) electrons. The number of nitrogens with one attached hydrogen (secondary N) is 2. The lowest BCUT2D eigenvalue weighted by atomic mass is 10.1.